The molecule has 2 aromatic rings. The molecule has 2 amide bonds. The van der Waals surface area contributed by atoms with E-state index in [-0.39, 0.29) is 11.8 Å². The first-order valence-electron chi connectivity index (χ1n) is 8.16. The highest BCUT2D eigenvalue weighted by Gasteiger charge is 2.17. The Morgan fingerprint density at radius 1 is 1.28 bits per heavy atom. The van der Waals surface area contributed by atoms with Crippen molar-refractivity contribution in [2.24, 2.45) is 0 Å². The van der Waals surface area contributed by atoms with Crippen LogP contribution in [-0.2, 0) is 4.79 Å². The van der Waals surface area contributed by atoms with Gasteiger partial charge in [0.15, 0.2) is 0 Å². The molecule has 1 heterocycles. The zero-order valence-corrected chi connectivity index (χ0v) is 14.8. The smallest absolute Gasteiger partial charge is 0.251 e. The van der Waals surface area contributed by atoms with Crippen LogP contribution in [0.2, 0.25) is 0 Å². The van der Waals surface area contributed by atoms with Gasteiger partial charge in [-0.05, 0) is 49.2 Å². The number of hydrogen-bond donors (Lipinski definition) is 2. The molecule has 2 N–H and O–H groups in total. The molecule has 0 aliphatic carbocycles. The number of rotatable bonds is 6. The zero-order valence-electron chi connectivity index (χ0n) is 14.0. The molecule has 2 aromatic carbocycles. The predicted octanol–water partition coefficient (Wildman–Crippen LogP) is 3.24. The van der Waals surface area contributed by atoms with E-state index < -0.39 is 0 Å². The van der Waals surface area contributed by atoms with Gasteiger partial charge >= 0.3 is 0 Å². The van der Waals surface area contributed by atoms with Gasteiger partial charge in [-0.2, -0.15) is 0 Å². The number of carbonyl (C=O) groups is 2. The SMILES string of the molecule is Cc1cccc(OCCCNC(=O)c2ccc3c(c2)NC(=O)CS3)c1. The van der Waals surface area contributed by atoms with Crippen molar-refractivity contribution in [1.29, 1.82) is 0 Å². The normalized spacial score (nSPS) is 12.9. The van der Waals surface area contributed by atoms with Crippen molar-refractivity contribution in [2.45, 2.75) is 18.2 Å². The van der Waals surface area contributed by atoms with Gasteiger partial charge in [0.2, 0.25) is 5.91 Å². The largest absolute Gasteiger partial charge is 0.494 e. The summed E-state index contributed by atoms with van der Waals surface area (Å²) in [6.45, 7) is 3.09. The van der Waals surface area contributed by atoms with E-state index in [0.717, 1.165) is 22.6 Å². The number of ether oxygens (including phenoxy) is 1. The maximum absolute atomic E-state index is 12.2. The Morgan fingerprint density at radius 2 is 2.16 bits per heavy atom. The number of fused-ring (bicyclic) bond motifs is 1. The number of anilines is 1. The standard InChI is InChI=1S/C19H20N2O3S/c1-13-4-2-5-15(10-13)24-9-3-8-20-19(23)14-6-7-17-16(11-14)21-18(22)12-25-17/h2,4-7,10-11H,3,8-9,12H2,1H3,(H,20,23)(H,21,22). The second kappa shape index (κ2) is 8.07. The molecule has 0 radical (unpaired) electrons. The van der Waals surface area contributed by atoms with E-state index in [0.29, 0.717) is 30.2 Å². The lowest BCUT2D eigenvalue weighted by Gasteiger charge is -2.17. The fourth-order valence-corrected chi connectivity index (χ4v) is 3.28. The van der Waals surface area contributed by atoms with Crippen LogP contribution >= 0.6 is 11.8 Å². The number of hydrogen-bond acceptors (Lipinski definition) is 4. The van der Waals surface area contributed by atoms with Crippen LogP contribution in [0.1, 0.15) is 22.3 Å². The Labute approximate surface area is 151 Å². The van der Waals surface area contributed by atoms with Crippen LogP contribution in [0, 0.1) is 6.92 Å². The van der Waals surface area contributed by atoms with Gasteiger partial charge in [0, 0.05) is 17.0 Å². The van der Waals surface area contributed by atoms with E-state index in [9.17, 15) is 9.59 Å². The first kappa shape index (κ1) is 17.4. The molecule has 130 valence electrons. The van der Waals surface area contributed by atoms with Crippen LogP contribution in [0.4, 0.5) is 5.69 Å². The third kappa shape index (κ3) is 4.76. The van der Waals surface area contributed by atoms with E-state index in [1.165, 1.54) is 11.8 Å². The number of benzene rings is 2. The topological polar surface area (TPSA) is 67.4 Å². The molecule has 0 aromatic heterocycles. The minimum atomic E-state index is -0.150. The second-order valence-corrected chi connectivity index (χ2v) is 6.84. The highest BCUT2D eigenvalue weighted by atomic mass is 32.2. The predicted molar refractivity (Wildman–Crippen MR) is 99.4 cm³/mol. The maximum Gasteiger partial charge on any atom is 0.251 e. The number of thioether (sulfide) groups is 1. The number of carbonyl (C=O) groups excluding carboxylic acids is 2. The van der Waals surface area contributed by atoms with Crippen molar-refractivity contribution in [2.75, 3.05) is 24.2 Å². The first-order valence-corrected chi connectivity index (χ1v) is 9.15. The molecule has 0 bridgehead atoms. The quantitative estimate of drug-likeness (QED) is 0.780. The highest BCUT2D eigenvalue weighted by Crippen LogP contribution is 2.31. The Hall–Kier alpha value is -2.47. The van der Waals surface area contributed by atoms with Crippen LogP contribution in [-0.4, -0.2) is 30.7 Å². The molecule has 0 saturated heterocycles. The molecule has 0 fully saturated rings. The average Bonchev–Trinajstić information content (AvgIpc) is 2.60. The maximum atomic E-state index is 12.2. The third-order valence-electron chi connectivity index (χ3n) is 3.74. The summed E-state index contributed by atoms with van der Waals surface area (Å²) < 4.78 is 5.66. The third-order valence-corrected chi connectivity index (χ3v) is 4.81. The summed E-state index contributed by atoms with van der Waals surface area (Å²) >= 11 is 1.48. The monoisotopic (exact) mass is 356 g/mol. The lowest BCUT2D eigenvalue weighted by Crippen LogP contribution is -2.26. The first-order chi connectivity index (χ1) is 12.1. The summed E-state index contributed by atoms with van der Waals surface area (Å²) in [6, 6.07) is 13.3. The van der Waals surface area contributed by atoms with Crippen molar-refractivity contribution >= 4 is 29.3 Å². The van der Waals surface area contributed by atoms with E-state index in [1.807, 2.05) is 37.3 Å². The molecule has 0 spiro atoms. The summed E-state index contributed by atoms with van der Waals surface area (Å²) in [5.74, 6) is 1.07. The second-order valence-electron chi connectivity index (χ2n) is 5.82. The van der Waals surface area contributed by atoms with E-state index in [4.69, 9.17) is 4.74 Å². The van der Waals surface area contributed by atoms with Crippen molar-refractivity contribution in [1.82, 2.24) is 5.32 Å². The lowest BCUT2D eigenvalue weighted by atomic mass is 10.2. The summed E-state index contributed by atoms with van der Waals surface area (Å²) in [5, 5.41) is 5.67. The van der Waals surface area contributed by atoms with E-state index >= 15 is 0 Å². The van der Waals surface area contributed by atoms with Crippen LogP contribution in [0.3, 0.4) is 0 Å². The lowest BCUT2D eigenvalue weighted by molar-refractivity contribution is -0.113. The minimum absolute atomic E-state index is 0.0386. The van der Waals surface area contributed by atoms with E-state index in [1.54, 1.807) is 12.1 Å². The van der Waals surface area contributed by atoms with Crippen LogP contribution < -0.4 is 15.4 Å². The van der Waals surface area contributed by atoms with Crippen molar-refractivity contribution < 1.29 is 14.3 Å². The number of amides is 2. The minimum Gasteiger partial charge on any atom is -0.494 e. The highest BCUT2D eigenvalue weighted by molar-refractivity contribution is 8.00. The molecule has 1 aliphatic heterocycles. The summed E-state index contributed by atoms with van der Waals surface area (Å²) in [7, 11) is 0. The Balaban J connectivity index is 1.45. The van der Waals surface area contributed by atoms with Gasteiger partial charge in [-0.25, -0.2) is 0 Å². The van der Waals surface area contributed by atoms with Crippen molar-refractivity contribution in [3.05, 3.63) is 53.6 Å². The van der Waals surface area contributed by atoms with Crippen LogP contribution in [0.5, 0.6) is 5.75 Å². The molecule has 0 unspecified atom stereocenters. The Morgan fingerprint density at radius 3 is 3.00 bits per heavy atom. The van der Waals surface area contributed by atoms with Crippen molar-refractivity contribution in [3.63, 3.8) is 0 Å². The molecule has 3 rings (SSSR count). The zero-order chi connectivity index (χ0) is 17.6. The average molecular weight is 356 g/mol. The van der Waals surface area contributed by atoms with Gasteiger partial charge in [0.1, 0.15) is 5.75 Å². The Bertz CT molecular complexity index is 792. The summed E-state index contributed by atoms with van der Waals surface area (Å²) in [5.41, 5.74) is 2.40. The molecular weight excluding hydrogens is 336 g/mol. The molecule has 0 saturated carbocycles. The van der Waals surface area contributed by atoms with Crippen LogP contribution in [0.15, 0.2) is 47.4 Å². The molecule has 1 aliphatic rings. The summed E-state index contributed by atoms with van der Waals surface area (Å²) in [6.07, 6.45) is 0.719. The summed E-state index contributed by atoms with van der Waals surface area (Å²) in [4.78, 5) is 24.6. The molecule has 6 heteroatoms. The molecule has 25 heavy (non-hydrogen) atoms. The number of aryl methyl sites for hydroxylation is 1. The van der Waals surface area contributed by atoms with Gasteiger partial charge in [-0.1, -0.05) is 12.1 Å². The fourth-order valence-electron chi connectivity index (χ4n) is 2.50. The van der Waals surface area contributed by atoms with Crippen LogP contribution in [0.25, 0.3) is 0 Å². The fraction of sp³-hybridized carbons (Fsp3) is 0.263. The van der Waals surface area contributed by atoms with Gasteiger partial charge in [-0.3, -0.25) is 9.59 Å². The molecule has 0 atom stereocenters. The van der Waals surface area contributed by atoms with E-state index in [2.05, 4.69) is 10.6 Å². The van der Waals surface area contributed by atoms with Gasteiger partial charge in [0.05, 0.1) is 18.0 Å². The van der Waals surface area contributed by atoms with Gasteiger partial charge in [-0.15, -0.1) is 11.8 Å². The van der Waals surface area contributed by atoms with Crippen molar-refractivity contribution in [3.8, 4) is 5.75 Å². The molecular formula is C19H20N2O3S. The number of nitrogens with one attached hydrogen (secondary N) is 2. The van der Waals surface area contributed by atoms with Gasteiger partial charge < -0.3 is 15.4 Å². The Kier molecular flexibility index (Phi) is 5.60. The van der Waals surface area contributed by atoms with Gasteiger partial charge in [0.25, 0.3) is 5.91 Å². The molecule has 5 nitrogen and oxygen atoms in total.